The molecule has 24 heavy (non-hydrogen) atoms. The van der Waals surface area contributed by atoms with E-state index in [0.717, 1.165) is 5.56 Å². The maximum absolute atomic E-state index is 12.3. The lowest BCUT2D eigenvalue weighted by Crippen LogP contribution is -2.41. The first-order chi connectivity index (χ1) is 11.3. The predicted octanol–water partition coefficient (Wildman–Crippen LogP) is 1.86. The third kappa shape index (κ3) is 4.94. The maximum atomic E-state index is 12.3. The number of nitrogens with zero attached hydrogens (tertiary/aromatic N) is 2. The van der Waals surface area contributed by atoms with Gasteiger partial charge in [-0.15, -0.1) is 11.8 Å². The van der Waals surface area contributed by atoms with Gasteiger partial charge in [0.1, 0.15) is 0 Å². The van der Waals surface area contributed by atoms with Crippen LogP contribution in [0.5, 0.6) is 0 Å². The van der Waals surface area contributed by atoms with Crippen LogP contribution >= 0.6 is 11.8 Å². The number of nitro groups is 1. The Balaban J connectivity index is 1.84. The summed E-state index contributed by atoms with van der Waals surface area (Å²) in [5.74, 6) is 0.981. The molecule has 0 spiro atoms. The largest absolute Gasteiger partial charge is 0.338 e. The van der Waals surface area contributed by atoms with E-state index in [1.807, 2.05) is 6.92 Å². The van der Waals surface area contributed by atoms with Gasteiger partial charge < -0.3 is 4.90 Å². The van der Waals surface area contributed by atoms with E-state index < -0.39 is 14.8 Å². The summed E-state index contributed by atoms with van der Waals surface area (Å²) in [4.78, 5) is 24.1. The number of nitro benzene ring substituents is 1. The van der Waals surface area contributed by atoms with Crippen molar-refractivity contribution in [3.8, 4) is 0 Å². The highest BCUT2D eigenvalue weighted by atomic mass is 32.2. The Hall–Kier alpha value is -1.61. The summed E-state index contributed by atoms with van der Waals surface area (Å²) in [5.41, 5.74) is 0.948. The van der Waals surface area contributed by atoms with Crippen molar-refractivity contribution in [2.45, 2.75) is 25.1 Å². The highest BCUT2D eigenvalue weighted by Gasteiger charge is 2.33. The van der Waals surface area contributed by atoms with Crippen molar-refractivity contribution in [3.05, 3.63) is 39.9 Å². The summed E-state index contributed by atoms with van der Waals surface area (Å²) < 4.78 is 23.1. The Bertz CT molecular complexity index is 703. The first-order valence-electron chi connectivity index (χ1n) is 7.63. The molecule has 0 radical (unpaired) electrons. The number of non-ortho nitro benzene ring substituents is 1. The molecule has 1 saturated heterocycles. The molecule has 132 valence electrons. The van der Waals surface area contributed by atoms with Gasteiger partial charge in [0.25, 0.3) is 5.69 Å². The number of amides is 1. The van der Waals surface area contributed by atoms with E-state index in [9.17, 15) is 23.3 Å². The van der Waals surface area contributed by atoms with Crippen LogP contribution in [-0.4, -0.2) is 54.0 Å². The molecule has 1 aromatic carbocycles. The second-order valence-electron chi connectivity index (χ2n) is 5.65. The molecule has 1 amide bonds. The number of rotatable bonds is 7. The third-order valence-corrected chi connectivity index (χ3v) is 6.69. The minimum Gasteiger partial charge on any atom is -0.338 e. The molecule has 2 rings (SSSR count). The van der Waals surface area contributed by atoms with Crippen molar-refractivity contribution in [1.82, 2.24) is 4.90 Å². The number of carbonyl (C=O) groups excluding carboxylic acids is 1. The van der Waals surface area contributed by atoms with E-state index in [2.05, 4.69) is 0 Å². The molecule has 9 heteroatoms. The quantitative estimate of drug-likeness (QED) is 0.535. The molecule has 1 heterocycles. The lowest BCUT2D eigenvalue weighted by Gasteiger charge is -2.26. The van der Waals surface area contributed by atoms with E-state index in [-0.39, 0.29) is 34.9 Å². The topological polar surface area (TPSA) is 97.6 Å². The molecule has 0 unspecified atom stereocenters. The van der Waals surface area contributed by atoms with Crippen LogP contribution in [0, 0.1) is 10.1 Å². The second kappa shape index (κ2) is 7.98. The van der Waals surface area contributed by atoms with Gasteiger partial charge >= 0.3 is 0 Å². The zero-order valence-electron chi connectivity index (χ0n) is 13.4. The molecular weight excluding hydrogens is 352 g/mol. The van der Waals surface area contributed by atoms with Crippen molar-refractivity contribution < 1.29 is 18.1 Å². The maximum Gasteiger partial charge on any atom is 0.269 e. The number of thioether (sulfide) groups is 1. The molecule has 0 bridgehead atoms. The van der Waals surface area contributed by atoms with Crippen LogP contribution in [0.1, 0.15) is 18.9 Å². The van der Waals surface area contributed by atoms with Gasteiger partial charge in [-0.3, -0.25) is 14.9 Å². The van der Waals surface area contributed by atoms with Gasteiger partial charge in [-0.1, -0.05) is 12.1 Å². The van der Waals surface area contributed by atoms with Crippen LogP contribution in [0.15, 0.2) is 24.3 Å². The molecule has 1 aliphatic rings. The van der Waals surface area contributed by atoms with Crippen LogP contribution in [-0.2, 0) is 20.4 Å². The van der Waals surface area contributed by atoms with E-state index in [1.165, 1.54) is 23.9 Å². The average molecular weight is 372 g/mol. The minimum atomic E-state index is -3.01. The van der Waals surface area contributed by atoms with Gasteiger partial charge in [0.05, 0.1) is 22.2 Å². The molecule has 0 aromatic heterocycles. The SMILES string of the molecule is CCN(C(=O)CSCc1ccc([N+](=O)[O-])cc1)[C@H]1CCS(=O)(=O)C1. The summed E-state index contributed by atoms with van der Waals surface area (Å²) in [7, 11) is -3.01. The van der Waals surface area contributed by atoms with Crippen LogP contribution in [0.2, 0.25) is 0 Å². The first-order valence-corrected chi connectivity index (χ1v) is 10.6. The fourth-order valence-corrected chi connectivity index (χ4v) is 5.31. The number of hydrogen-bond acceptors (Lipinski definition) is 6. The zero-order valence-corrected chi connectivity index (χ0v) is 15.0. The van der Waals surface area contributed by atoms with E-state index >= 15 is 0 Å². The highest BCUT2D eigenvalue weighted by Crippen LogP contribution is 2.20. The lowest BCUT2D eigenvalue weighted by molar-refractivity contribution is -0.384. The summed E-state index contributed by atoms with van der Waals surface area (Å²) >= 11 is 1.42. The predicted molar refractivity (Wildman–Crippen MR) is 93.7 cm³/mol. The van der Waals surface area contributed by atoms with E-state index in [4.69, 9.17) is 0 Å². The van der Waals surface area contributed by atoms with Crippen molar-refractivity contribution in [2.75, 3.05) is 23.8 Å². The van der Waals surface area contributed by atoms with E-state index in [0.29, 0.717) is 18.7 Å². The second-order valence-corrected chi connectivity index (χ2v) is 8.87. The number of hydrogen-bond donors (Lipinski definition) is 0. The molecule has 0 aliphatic carbocycles. The van der Waals surface area contributed by atoms with Gasteiger partial charge in [-0.2, -0.15) is 0 Å². The Morgan fingerprint density at radius 1 is 1.38 bits per heavy atom. The summed E-state index contributed by atoms with van der Waals surface area (Å²) in [5, 5.41) is 10.6. The van der Waals surface area contributed by atoms with Crippen molar-refractivity contribution >= 4 is 33.2 Å². The molecule has 1 aliphatic heterocycles. The van der Waals surface area contributed by atoms with Gasteiger partial charge in [0, 0.05) is 30.5 Å². The standard InChI is InChI=1S/C15H20N2O5S2/c1-2-16(14-7-8-24(21,22)11-14)15(18)10-23-9-12-3-5-13(6-4-12)17(19)20/h3-6,14H,2,7-11H2,1H3/t14-/m0/s1. The molecule has 1 atom stereocenters. The summed E-state index contributed by atoms with van der Waals surface area (Å²) in [6.45, 7) is 2.35. The Labute approximate surface area is 145 Å². The monoisotopic (exact) mass is 372 g/mol. The van der Waals surface area contributed by atoms with Crippen molar-refractivity contribution in [1.29, 1.82) is 0 Å². The fraction of sp³-hybridized carbons (Fsp3) is 0.533. The Morgan fingerprint density at radius 3 is 2.54 bits per heavy atom. The van der Waals surface area contributed by atoms with E-state index in [1.54, 1.807) is 17.0 Å². The lowest BCUT2D eigenvalue weighted by atomic mass is 10.2. The molecule has 7 nitrogen and oxygen atoms in total. The summed E-state index contributed by atoms with van der Waals surface area (Å²) in [6, 6.07) is 6.03. The van der Waals surface area contributed by atoms with Gasteiger partial charge in [0.15, 0.2) is 9.84 Å². The number of sulfone groups is 1. The first kappa shape index (κ1) is 18.7. The van der Waals surface area contributed by atoms with Crippen molar-refractivity contribution in [3.63, 3.8) is 0 Å². The van der Waals surface area contributed by atoms with Gasteiger partial charge in [-0.25, -0.2) is 8.42 Å². The Kier molecular flexibility index (Phi) is 6.22. The fourth-order valence-electron chi connectivity index (χ4n) is 2.71. The smallest absolute Gasteiger partial charge is 0.269 e. The molecule has 1 aromatic rings. The minimum absolute atomic E-state index is 0.0411. The van der Waals surface area contributed by atoms with Crippen LogP contribution in [0.4, 0.5) is 5.69 Å². The zero-order chi connectivity index (χ0) is 17.7. The van der Waals surface area contributed by atoms with Gasteiger partial charge in [0.2, 0.25) is 5.91 Å². The molecular formula is C15H20N2O5S2. The third-order valence-electron chi connectivity index (χ3n) is 3.95. The van der Waals surface area contributed by atoms with Crippen LogP contribution in [0.3, 0.4) is 0 Å². The average Bonchev–Trinajstić information content (AvgIpc) is 2.88. The van der Waals surface area contributed by atoms with Crippen LogP contribution in [0.25, 0.3) is 0 Å². The molecule has 0 saturated carbocycles. The summed E-state index contributed by atoms with van der Waals surface area (Å²) in [6.07, 6.45) is 0.509. The Morgan fingerprint density at radius 2 is 2.04 bits per heavy atom. The molecule has 1 fully saturated rings. The number of benzene rings is 1. The molecule has 0 N–H and O–H groups in total. The van der Waals surface area contributed by atoms with Gasteiger partial charge in [-0.05, 0) is 18.9 Å². The number of carbonyl (C=O) groups is 1. The normalized spacial score (nSPS) is 19.1. The highest BCUT2D eigenvalue weighted by molar-refractivity contribution is 7.99. The van der Waals surface area contributed by atoms with Crippen LogP contribution < -0.4 is 0 Å². The van der Waals surface area contributed by atoms with Crippen molar-refractivity contribution in [2.24, 2.45) is 0 Å².